The van der Waals surface area contributed by atoms with Gasteiger partial charge in [-0.15, -0.1) is 0 Å². The lowest BCUT2D eigenvalue weighted by Gasteiger charge is -2.22. The minimum atomic E-state index is -1.14. The van der Waals surface area contributed by atoms with E-state index in [1.54, 1.807) is 0 Å². The molecule has 0 saturated carbocycles. The van der Waals surface area contributed by atoms with Crippen LogP contribution in [0, 0.1) is 5.92 Å². The molecule has 9 heteroatoms. The Morgan fingerprint density at radius 3 is 2.32 bits per heavy atom. The number of aliphatic carboxylic acids is 1. The molecule has 0 unspecified atom stereocenters. The van der Waals surface area contributed by atoms with Crippen LogP contribution in [-0.2, 0) is 19.1 Å². The van der Waals surface area contributed by atoms with Crippen molar-refractivity contribution in [2.24, 2.45) is 5.92 Å². The summed E-state index contributed by atoms with van der Waals surface area (Å²) in [5.41, 5.74) is 4.57. The molecule has 1 saturated heterocycles. The number of aliphatic hydroxyl groups excluding tert-OH is 1. The maximum Gasteiger partial charge on any atom is 0.407 e. The van der Waals surface area contributed by atoms with Crippen molar-refractivity contribution in [3.8, 4) is 11.1 Å². The Kier molecular flexibility index (Phi) is 7.44. The zero-order chi connectivity index (χ0) is 24.1. The quantitative estimate of drug-likeness (QED) is 0.513. The lowest BCUT2D eigenvalue weighted by molar-refractivity contribution is -0.146. The number of hydrogen-bond donors (Lipinski definition) is 3. The molecule has 2 aromatic carbocycles. The summed E-state index contributed by atoms with van der Waals surface area (Å²) in [6.45, 7) is -0.323. The summed E-state index contributed by atoms with van der Waals surface area (Å²) >= 11 is 0. The first-order chi connectivity index (χ1) is 16.5. The predicted octanol–water partition coefficient (Wildman–Crippen LogP) is 1.84. The van der Waals surface area contributed by atoms with Crippen LogP contribution < -0.4 is 5.32 Å². The summed E-state index contributed by atoms with van der Waals surface area (Å²) in [6, 6.07) is 16.2. The highest BCUT2D eigenvalue weighted by molar-refractivity contribution is 5.83. The number of rotatable bonds is 9. The van der Waals surface area contributed by atoms with E-state index in [-0.39, 0.29) is 50.8 Å². The topological polar surface area (TPSA) is 125 Å². The minimum absolute atomic E-state index is 0.0328. The highest BCUT2D eigenvalue weighted by atomic mass is 16.5. The highest BCUT2D eigenvalue weighted by Crippen LogP contribution is 2.44. The van der Waals surface area contributed by atoms with Crippen molar-refractivity contribution in [2.75, 3.05) is 39.5 Å². The smallest absolute Gasteiger partial charge is 0.407 e. The normalized spacial score (nSPS) is 18.7. The van der Waals surface area contributed by atoms with Gasteiger partial charge in [0.1, 0.15) is 13.2 Å². The zero-order valence-corrected chi connectivity index (χ0v) is 18.7. The fourth-order valence-corrected chi connectivity index (χ4v) is 4.68. The van der Waals surface area contributed by atoms with E-state index >= 15 is 0 Å². The van der Waals surface area contributed by atoms with Crippen molar-refractivity contribution >= 4 is 18.0 Å². The van der Waals surface area contributed by atoms with Crippen molar-refractivity contribution < 1.29 is 34.1 Å². The second-order valence-corrected chi connectivity index (χ2v) is 8.47. The van der Waals surface area contributed by atoms with Gasteiger partial charge in [0.15, 0.2) is 0 Å². The van der Waals surface area contributed by atoms with E-state index in [0.29, 0.717) is 6.42 Å². The van der Waals surface area contributed by atoms with Gasteiger partial charge in [-0.05, 0) is 28.7 Å². The molecule has 9 nitrogen and oxygen atoms in total. The fourth-order valence-electron chi connectivity index (χ4n) is 4.68. The van der Waals surface area contributed by atoms with E-state index in [1.807, 2.05) is 24.3 Å². The van der Waals surface area contributed by atoms with E-state index in [4.69, 9.17) is 19.7 Å². The second kappa shape index (κ2) is 10.7. The third-order valence-electron chi connectivity index (χ3n) is 6.26. The summed E-state index contributed by atoms with van der Waals surface area (Å²) in [7, 11) is 0. The summed E-state index contributed by atoms with van der Waals surface area (Å²) < 4.78 is 11.1. The molecule has 1 aliphatic carbocycles. The number of benzene rings is 2. The van der Waals surface area contributed by atoms with E-state index < -0.39 is 24.5 Å². The van der Waals surface area contributed by atoms with Crippen LogP contribution in [0.1, 0.15) is 23.5 Å². The van der Waals surface area contributed by atoms with Gasteiger partial charge in [-0.3, -0.25) is 9.59 Å². The number of fused-ring (bicyclic) bond motifs is 3. The van der Waals surface area contributed by atoms with Crippen LogP contribution in [0.3, 0.4) is 0 Å². The third-order valence-corrected chi connectivity index (χ3v) is 6.26. The van der Waals surface area contributed by atoms with Crippen LogP contribution in [-0.4, -0.2) is 78.6 Å². The van der Waals surface area contributed by atoms with Crippen LogP contribution in [0.25, 0.3) is 11.1 Å². The van der Waals surface area contributed by atoms with Crippen molar-refractivity contribution in [2.45, 2.75) is 18.4 Å². The third kappa shape index (κ3) is 5.21. The highest BCUT2D eigenvalue weighted by Gasteiger charge is 2.34. The Hall–Kier alpha value is -3.43. The number of amides is 2. The standard InChI is InChI=1S/C25H28N2O7/c28-10-9-27(13-23(29)30)24(31)16-11-17(33-14-16)12-26-25(32)34-15-22-20-7-3-1-5-18(20)19-6-2-4-8-21(19)22/h1-8,16-17,22,28H,9-15H2,(H,26,32)(H,29,30)/t16-,17-/m0/s1. The molecule has 0 spiro atoms. The Morgan fingerprint density at radius 1 is 1.06 bits per heavy atom. The number of carboxylic acid groups (broad SMARTS) is 1. The monoisotopic (exact) mass is 468 g/mol. The van der Waals surface area contributed by atoms with Crippen molar-refractivity contribution in [3.05, 3.63) is 59.7 Å². The molecule has 4 rings (SSSR count). The number of carbonyl (C=O) groups is 3. The van der Waals surface area contributed by atoms with Crippen molar-refractivity contribution in [1.29, 1.82) is 0 Å². The Bertz CT molecular complexity index is 1010. The summed E-state index contributed by atoms with van der Waals surface area (Å²) in [6.07, 6.45) is -0.590. The maximum atomic E-state index is 12.6. The molecule has 180 valence electrons. The molecule has 0 aromatic heterocycles. The molecule has 34 heavy (non-hydrogen) atoms. The van der Waals surface area contributed by atoms with Crippen LogP contribution in [0.4, 0.5) is 4.79 Å². The van der Waals surface area contributed by atoms with Gasteiger partial charge in [0, 0.05) is 19.0 Å². The van der Waals surface area contributed by atoms with Gasteiger partial charge in [0.25, 0.3) is 0 Å². The molecule has 2 amide bonds. The molecule has 2 aliphatic rings. The number of hydrogen-bond acceptors (Lipinski definition) is 6. The van der Waals surface area contributed by atoms with Crippen molar-refractivity contribution in [1.82, 2.24) is 10.2 Å². The van der Waals surface area contributed by atoms with Gasteiger partial charge in [-0.25, -0.2) is 4.79 Å². The van der Waals surface area contributed by atoms with Crippen LogP contribution in [0.2, 0.25) is 0 Å². The largest absolute Gasteiger partial charge is 0.480 e. The van der Waals surface area contributed by atoms with Gasteiger partial charge < -0.3 is 29.9 Å². The molecule has 2 atom stereocenters. The molecule has 1 aliphatic heterocycles. The van der Waals surface area contributed by atoms with E-state index in [9.17, 15) is 14.4 Å². The lowest BCUT2D eigenvalue weighted by atomic mass is 9.98. The summed E-state index contributed by atoms with van der Waals surface area (Å²) in [5.74, 6) is -2.07. The number of carboxylic acids is 1. The number of carbonyl (C=O) groups excluding carboxylic acids is 2. The van der Waals surface area contributed by atoms with E-state index in [1.165, 1.54) is 0 Å². The number of alkyl carbamates (subject to hydrolysis) is 1. The van der Waals surface area contributed by atoms with E-state index in [0.717, 1.165) is 27.2 Å². The molecule has 0 radical (unpaired) electrons. The molecular formula is C25H28N2O7. The molecule has 3 N–H and O–H groups in total. The second-order valence-electron chi connectivity index (χ2n) is 8.47. The first-order valence-electron chi connectivity index (χ1n) is 11.3. The first kappa shape index (κ1) is 23.7. The van der Waals surface area contributed by atoms with Gasteiger partial charge >= 0.3 is 12.1 Å². The van der Waals surface area contributed by atoms with Gasteiger partial charge in [0.2, 0.25) is 5.91 Å². The van der Waals surface area contributed by atoms with Crippen LogP contribution in [0.15, 0.2) is 48.5 Å². The predicted molar refractivity (Wildman–Crippen MR) is 122 cm³/mol. The molecule has 1 heterocycles. The average molecular weight is 469 g/mol. The SMILES string of the molecule is O=C(O)CN(CCO)C(=O)[C@@H]1CO[C@H](CNC(=O)OCC2c3ccccc3-c3ccccc32)C1. The lowest BCUT2D eigenvalue weighted by Crippen LogP contribution is -2.41. The summed E-state index contributed by atoms with van der Waals surface area (Å²) in [4.78, 5) is 37.0. The van der Waals surface area contributed by atoms with Gasteiger partial charge in [0.05, 0.1) is 25.2 Å². The number of nitrogens with one attached hydrogen (secondary N) is 1. The van der Waals surface area contributed by atoms with Crippen LogP contribution in [0.5, 0.6) is 0 Å². The van der Waals surface area contributed by atoms with Gasteiger partial charge in [-0.2, -0.15) is 0 Å². The molecule has 2 aromatic rings. The maximum absolute atomic E-state index is 12.6. The number of nitrogens with zero attached hydrogens (tertiary/aromatic N) is 1. The fraction of sp³-hybridized carbons (Fsp3) is 0.400. The van der Waals surface area contributed by atoms with E-state index in [2.05, 4.69) is 29.6 Å². The Labute approximate surface area is 197 Å². The Morgan fingerprint density at radius 2 is 1.71 bits per heavy atom. The first-order valence-corrected chi connectivity index (χ1v) is 11.3. The number of aliphatic hydroxyl groups is 1. The molecular weight excluding hydrogens is 440 g/mol. The molecule has 0 bridgehead atoms. The van der Waals surface area contributed by atoms with Crippen LogP contribution >= 0.6 is 0 Å². The van der Waals surface area contributed by atoms with Crippen molar-refractivity contribution in [3.63, 3.8) is 0 Å². The molecule has 1 fully saturated rings. The zero-order valence-electron chi connectivity index (χ0n) is 18.7. The number of ether oxygens (including phenoxy) is 2. The average Bonchev–Trinajstić information content (AvgIpc) is 3.43. The van der Waals surface area contributed by atoms with Gasteiger partial charge in [-0.1, -0.05) is 48.5 Å². The Balaban J connectivity index is 1.26. The minimum Gasteiger partial charge on any atom is -0.480 e. The summed E-state index contributed by atoms with van der Waals surface area (Å²) in [5, 5.41) is 20.8.